The molecule has 1 heterocycles. The highest BCUT2D eigenvalue weighted by atomic mass is 16.3. The molecule has 2 heteroatoms. The molecule has 2 rings (SSSR count). The Labute approximate surface area is 103 Å². The monoisotopic (exact) mass is 229 g/mol. The van der Waals surface area contributed by atoms with Gasteiger partial charge in [-0.25, -0.2) is 0 Å². The van der Waals surface area contributed by atoms with E-state index in [1.165, 1.54) is 11.1 Å². The zero-order chi connectivity index (χ0) is 12.3. The second-order valence-electron chi connectivity index (χ2n) is 4.61. The van der Waals surface area contributed by atoms with Crippen molar-refractivity contribution in [3.05, 3.63) is 59.0 Å². The van der Waals surface area contributed by atoms with Crippen LogP contribution < -0.4 is 0 Å². The van der Waals surface area contributed by atoms with Gasteiger partial charge in [-0.3, -0.25) is 4.90 Å². The van der Waals surface area contributed by atoms with Gasteiger partial charge in [0.15, 0.2) is 0 Å². The fourth-order valence-corrected chi connectivity index (χ4v) is 1.97. The largest absolute Gasteiger partial charge is 0.465 e. The zero-order valence-corrected chi connectivity index (χ0v) is 10.7. The first-order valence-corrected chi connectivity index (χ1v) is 5.93. The van der Waals surface area contributed by atoms with Gasteiger partial charge in [0.05, 0.1) is 6.54 Å². The molecule has 0 fully saturated rings. The Bertz CT molecular complexity index is 487. The van der Waals surface area contributed by atoms with Crippen molar-refractivity contribution in [1.82, 2.24) is 4.90 Å². The summed E-state index contributed by atoms with van der Waals surface area (Å²) < 4.78 is 5.58. The van der Waals surface area contributed by atoms with Crippen LogP contribution in [0.15, 0.2) is 40.8 Å². The number of benzene rings is 1. The van der Waals surface area contributed by atoms with Gasteiger partial charge in [0.25, 0.3) is 0 Å². The quantitative estimate of drug-likeness (QED) is 0.797. The molecule has 0 bridgehead atoms. The lowest BCUT2D eigenvalue weighted by molar-refractivity contribution is 0.285. The topological polar surface area (TPSA) is 16.4 Å². The average Bonchev–Trinajstić information content (AvgIpc) is 2.67. The maximum Gasteiger partial charge on any atom is 0.118 e. The third kappa shape index (κ3) is 3.21. The molecule has 0 saturated carbocycles. The maximum atomic E-state index is 5.58. The third-order valence-corrected chi connectivity index (χ3v) is 2.92. The highest BCUT2D eigenvalue weighted by molar-refractivity contribution is 5.25. The first-order valence-electron chi connectivity index (χ1n) is 5.93. The van der Waals surface area contributed by atoms with Crippen LogP contribution in [0.25, 0.3) is 0 Å². The van der Waals surface area contributed by atoms with E-state index >= 15 is 0 Å². The van der Waals surface area contributed by atoms with Crippen LogP contribution in [0.4, 0.5) is 0 Å². The summed E-state index contributed by atoms with van der Waals surface area (Å²) in [7, 11) is 2.12. The van der Waals surface area contributed by atoms with Gasteiger partial charge in [-0.05, 0) is 44.2 Å². The minimum absolute atomic E-state index is 0.849. The minimum Gasteiger partial charge on any atom is -0.465 e. The SMILES string of the molecule is Cc1ccc(CN(C)Cc2ccccc2C)o1. The molecule has 0 spiro atoms. The Balaban J connectivity index is 1.98. The van der Waals surface area contributed by atoms with E-state index in [1.54, 1.807) is 0 Å². The van der Waals surface area contributed by atoms with Crippen LogP contribution in [-0.2, 0) is 13.1 Å². The van der Waals surface area contributed by atoms with Crippen LogP contribution in [-0.4, -0.2) is 11.9 Å². The van der Waals surface area contributed by atoms with Crippen molar-refractivity contribution in [3.8, 4) is 0 Å². The molecule has 0 saturated heterocycles. The summed E-state index contributed by atoms with van der Waals surface area (Å²) in [6.07, 6.45) is 0. The Morgan fingerprint density at radius 2 is 1.76 bits per heavy atom. The molecule has 17 heavy (non-hydrogen) atoms. The van der Waals surface area contributed by atoms with E-state index < -0.39 is 0 Å². The second kappa shape index (κ2) is 5.19. The van der Waals surface area contributed by atoms with Crippen molar-refractivity contribution < 1.29 is 4.42 Å². The molecule has 0 atom stereocenters. The van der Waals surface area contributed by atoms with E-state index in [0.717, 1.165) is 24.6 Å². The van der Waals surface area contributed by atoms with Crippen LogP contribution in [0, 0.1) is 13.8 Å². The highest BCUT2D eigenvalue weighted by Crippen LogP contribution is 2.13. The number of rotatable bonds is 4. The number of hydrogen-bond acceptors (Lipinski definition) is 2. The van der Waals surface area contributed by atoms with E-state index in [4.69, 9.17) is 4.42 Å². The molecule has 0 radical (unpaired) electrons. The van der Waals surface area contributed by atoms with E-state index in [2.05, 4.69) is 43.1 Å². The lowest BCUT2D eigenvalue weighted by atomic mass is 10.1. The molecular formula is C15H19NO. The summed E-state index contributed by atoms with van der Waals surface area (Å²) in [6, 6.07) is 12.6. The van der Waals surface area contributed by atoms with E-state index in [0.29, 0.717) is 0 Å². The van der Waals surface area contributed by atoms with Crippen LogP contribution in [0.3, 0.4) is 0 Å². The van der Waals surface area contributed by atoms with Crippen LogP contribution in [0.5, 0.6) is 0 Å². The predicted octanol–water partition coefficient (Wildman–Crippen LogP) is 3.53. The zero-order valence-electron chi connectivity index (χ0n) is 10.7. The summed E-state index contributed by atoms with van der Waals surface area (Å²) in [5.74, 6) is 2.00. The lowest BCUT2D eigenvalue weighted by Gasteiger charge is -2.16. The summed E-state index contributed by atoms with van der Waals surface area (Å²) in [5, 5.41) is 0. The van der Waals surface area contributed by atoms with Crippen LogP contribution >= 0.6 is 0 Å². The number of furan rings is 1. The number of hydrogen-bond donors (Lipinski definition) is 0. The van der Waals surface area contributed by atoms with Crippen LogP contribution in [0.1, 0.15) is 22.6 Å². The summed E-state index contributed by atoms with van der Waals surface area (Å²) in [5.41, 5.74) is 2.72. The average molecular weight is 229 g/mol. The number of aryl methyl sites for hydroxylation is 2. The fourth-order valence-electron chi connectivity index (χ4n) is 1.97. The van der Waals surface area contributed by atoms with Gasteiger partial charge >= 0.3 is 0 Å². The van der Waals surface area contributed by atoms with Gasteiger partial charge in [0.2, 0.25) is 0 Å². The van der Waals surface area contributed by atoms with Gasteiger partial charge in [0, 0.05) is 6.54 Å². The van der Waals surface area contributed by atoms with Gasteiger partial charge in [-0.2, -0.15) is 0 Å². The van der Waals surface area contributed by atoms with E-state index in [-0.39, 0.29) is 0 Å². The van der Waals surface area contributed by atoms with Crippen molar-refractivity contribution in [3.63, 3.8) is 0 Å². The van der Waals surface area contributed by atoms with Gasteiger partial charge < -0.3 is 4.42 Å². The van der Waals surface area contributed by atoms with Gasteiger partial charge in [0.1, 0.15) is 11.5 Å². The smallest absolute Gasteiger partial charge is 0.118 e. The van der Waals surface area contributed by atoms with Crippen molar-refractivity contribution in [2.45, 2.75) is 26.9 Å². The minimum atomic E-state index is 0.849. The molecule has 0 aliphatic rings. The predicted molar refractivity (Wildman–Crippen MR) is 69.8 cm³/mol. The highest BCUT2D eigenvalue weighted by Gasteiger charge is 2.06. The first kappa shape index (κ1) is 11.9. The second-order valence-corrected chi connectivity index (χ2v) is 4.61. The molecule has 2 nitrogen and oxygen atoms in total. The molecular weight excluding hydrogens is 210 g/mol. The number of nitrogens with zero attached hydrogens (tertiary/aromatic N) is 1. The molecule has 0 N–H and O–H groups in total. The normalized spacial score (nSPS) is 11.1. The Kier molecular flexibility index (Phi) is 3.64. The third-order valence-electron chi connectivity index (χ3n) is 2.92. The molecule has 0 aliphatic heterocycles. The lowest BCUT2D eigenvalue weighted by Crippen LogP contribution is -2.17. The summed E-state index contributed by atoms with van der Waals surface area (Å²) >= 11 is 0. The van der Waals surface area contributed by atoms with Crippen molar-refractivity contribution in [1.29, 1.82) is 0 Å². The maximum absolute atomic E-state index is 5.58. The molecule has 0 unspecified atom stereocenters. The fraction of sp³-hybridized carbons (Fsp3) is 0.333. The Morgan fingerprint density at radius 1 is 1.00 bits per heavy atom. The van der Waals surface area contributed by atoms with Crippen molar-refractivity contribution >= 4 is 0 Å². The van der Waals surface area contributed by atoms with E-state index in [1.807, 2.05) is 19.1 Å². The molecule has 0 aliphatic carbocycles. The molecule has 1 aromatic heterocycles. The summed E-state index contributed by atoms with van der Waals surface area (Å²) in [4.78, 5) is 2.26. The molecule has 1 aromatic carbocycles. The van der Waals surface area contributed by atoms with E-state index in [9.17, 15) is 0 Å². The van der Waals surface area contributed by atoms with Crippen molar-refractivity contribution in [2.24, 2.45) is 0 Å². The van der Waals surface area contributed by atoms with Crippen molar-refractivity contribution in [2.75, 3.05) is 7.05 Å². The standard InChI is InChI=1S/C15H19NO/c1-12-6-4-5-7-14(12)10-16(3)11-15-9-8-13(2)17-15/h4-9H,10-11H2,1-3H3. The molecule has 2 aromatic rings. The Morgan fingerprint density at radius 3 is 2.41 bits per heavy atom. The first-order chi connectivity index (χ1) is 8.15. The van der Waals surface area contributed by atoms with Gasteiger partial charge in [-0.15, -0.1) is 0 Å². The van der Waals surface area contributed by atoms with Crippen LogP contribution in [0.2, 0.25) is 0 Å². The van der Waals surface area contributed by atoms with Gasteiger partial charge in [-0.1, -0.05) is 24.3 Å². The Hall–Kier alpha value is -1.54. The molecule has 90 valence electrons. The molecule has 0 amide bonds. The summed E-state index contributed by atoms with van der Waals surface area (Å²) in [6.45, 7) is 5.93.